The Bertz CT molecular complexity index is 531. The average Bonchev–Trinajstić information content (AvgIpc) is 2.95. The second-order valence-corrected chi connectivity index (χ2v) is 4.91. The minimum atomic E-state index is -0.0206. The van der Waals surface area contributed by atoms with E-state index in [9.17, 15) is 0 Å². The van der Waals surface area contributed by atoms with E-state index in [1.165, 1.54) is 0 Å². The van der Waals surface area contributed by atoms with Crippen LogP contribution in [0.1, 0.15) is 37.7 Å². The molecule has 1 unspecified atom stereocenters. The van der Waals surface area contributed by atoms with Gasteiger partial charge >= 0.3 is 0 Å². The van der Waals surface area contributed by atoms with Crippen molar-refractivity contribution in [2.24, 2.45) is 7.05 Å². The standard InChI is InChI=1S/C13H20ClN5/c1-4-7-19-13(10(14)9-16-19)12(15-5-2)11-6-8-18(3)17-11/h6,8-9,12,15H,4-5,7H2,1-3H3. The molecule has 104 valence electrons. The summed E-state index contributed by atoms with van der Waals surface area (Å²) in [6.45, 7) is 5.90. The highest BCUT2D eigenvalue weighted by Gasteiger charge is 2.23. The molecular formula is C13H20ClN5. The normalized spacial score (nSPS) is 12.8. The first-order chi connectivity index (χ1) is 9.17. The van der Waals surface area contributed by atoms with E-state index in [1.807, 2.05) is 24.0 Å². The number of aromatic nitrogens is 4. The van der Waals surface area contributed by atoms with Crippen LogP contribution in [0.4, 0.5) is 0 Å². The molecule has 0 saturated carbocycles. The molecule has 2 aromatic rings. The summed E-state index contributed by atoms with van der Waals surface area (Å²) in [4.78, 5) is 0. The lowest BCUT2D eigenvalue weighted by Gasteiger charge is -2.18. The first kappa shape index (κ1) is 14.1. The van der Waals surface area contributed by atoms with Gasteiger partial charge in [-0.05, 0) is 19.0 Å². The Hall–Kier alpha value is -1.33. The van der Waals surface area contributed by atoms with E-state index in [1.54, 1.807) is 10.9 Å². The van der Waals surface area contributed by atoms with Gasteiger partial charge in [0.15, 0.2) is 0 Å². The van der Waals surface area contributed by atoms with Gasteiger partial charge in [0.25, 0.3) is 0 Å². The third kappa shape index (κ3) is 2.98. The van der Waals surface area contributed by atoms with Crippen LogP contribution in [-0.4, -0.2) is 26.1 Å². The highest BCUT2D eigenvalue weighted by atomic mass is 35.5. The van der Waals surface area contributed by atoms with Gasteiger partial charge in [0, 0.05) is 19.8 Å². The molecule has 2 heterocycles. The summed E-state index contributed by atoms with van der Waals surface area (Å²) in [7, 11) is 1.91. The third-order valence-corrected chi connectivity index (χ3v) is 3.27. The maximum atomic E-state index is 6.31. The van der Waals surface area contributed by atoms with E-state index in [-0.39, 0.29) is 6.04 Å². The molecule has 0 aromatic carbocycles. The van der Waals surface area contributed by atoms with Crippen molar-refractivity contribution in [2.75, 3.05) is 6.54 Å². The number of nitrogens with one attached hydrogen (secondary N) is 1. The minimum absolute atomic E-state index is 0.0206. The maximum absolute atomic E-state index is 6.31. The quantitative estimate of drug-likeness (QED) is 0.884. The number of hydrogen-bond donors (Lipinski definition) is 1. The van der Waals surface area contributed by atoms with Crippen molar-refractivity contribution in [3.05, 3.63) is 34.9 Å². The van der Waals surface area contributed by atoms with Crippen molar-refractivity contribution < 1.29 is 0 Å². The summed E-state index contributed by atoms with van der Waals surface area (Å²) in [6, 6.07) is 1.99. The van der Waals surface area contributed by atoms with Gasteiger partial charge in [-0.3, -0.25) is 9.36 Å². The van der Waals surface area contributed by atoms with Crippen LogP contribution in [0.3, 0.4) is 0 Å². The van der Waals surface area contributed by atoms with Gasteiger partial charge in [-0.15, -0.1) is 0 Å². The summed E-state index contributed by atoms with van der Waals surface area (Å²) in [6.07, 6.45) is 4.67. The van der Waals surface area contributed by atoms with Crippen LogP contribution >= 0.6 is 11.6 Å². The van der Waals surface area contributed by atoms with E-state index in [0.29, 0.717) is 5.02 Å². The second-order valence-electron chi connectivity index (χ2n) is 4.51. The van der Waals surface area contributed by atoms with Gasteiger partial charge in [-0.25, -0.2) is 0 Å². The monoisotopic (exact) mass is 281 g/mol. The lowest BCUT2D eigenvalue weighted by atomic mass is 10.1. The molecule has 0 aliphatic carbocycles. The van der Waals surface area contributed by atoms with Crippen molar-refractivity contribution >= 4 is 11.6 Å². The third-order valence-electron chi connectivity index (χ3n) is 2.98. The minimum Gasteiger partial charge on any atom is -0.304 e. The Labute approximate surface area is 118 Å². The zero-order valence-electron chi connectivity index (χ0n) is 11.6. The van der Waals surface area contributed by atoms with E-state index >= 15 is 0 Å². The first-order valence-corrected chi connectivity index (χ1v) is 6.99. The first-order valence-electron chi connectivity index (χ1n) is 6.61. The maximum Gasteiger partial charge on any atom is 0.0955 e. The van der Waals surface area contributed by atoms with Crippen molar-refractivity contribution in [3.63, 3.8) is 0 Å². The number of nitrogens with zero attached hydrogens (tertiary/aromatic N) is 4. The molecule has 0 amide bonds. The van der Waals surface area contributed by atoms with Gasteiger partial charge in [-0.2, -0.15) is 10.2 Å². The van der Waals surface area contributed by atoms with E-state index in [0.717, 1.165) is 30.9 Å². The molecule has 0 radical (unpaired) electrons. The zero-order valence-corrected chi connectivity index (χ0v) is 12.4. The van der Waals surface area contributed by atoms with E-state index in [4.69, 9.17) is 11.6 Å². The zero-order chi connectivity index (χ0) is 13.8. The summed E-state index contributed by atoms with van der Waals surface area (Å²) in [5.74, 6) is 0. The van der Waals surface area contributed by atoms with Crippen molar-refractivity contribution in [2.45, 2.75) is 32.9 Å². The number of aryl methyl sites for hydroxylation is 2. The Kier molecular flexibility index (Phi) is 4.61. The molecule has 5 nitrogen and oxygen atoms in total. The fraction of sp³-hybridized carbons (Fsp3) is 0.538. The van der Waals surface area contributed by atoms with Crippen molar-refractivity contribution in [1.29, 1.82) is 0 Å². The molecule has 0 aliphatic rings. The van der Waals surface area contributed by atoms with Gasteiger partial charge in [0.2, 0.25) is 0 Å². The topological polar surface area (TPSA) is 47.7 Å². The van der Waals surface area contributed by atoms with Gasteiger partial charge in [0.1, 0.15) is 0 Å². The average molecular weight is 282 g/mol. The molecule has 0 spiro atoms. The van der Waals surface area contributed by atoms with Crippen molar-refractivity contribution in [3.8, 4) is 0 Å². The fourth-order valence-corrected chi connectivity index (χ4v) is 2.43. The predicted octanol–water partition coefficient (Wildman–Crippen LogP) is 2.38. The lowest BCUT2D eigenvalue weighted by Crippen LogP contribution is -2.26. The van der Waals surface area contributed by atoms with Crippen LogP contribution in [0.25, 0.3) is 0 Å². The van der Waals surface area contributed by atoms with Crippen LogP contribution < -0.4 is 5.32 Å². The lowest BCUT2D eigenvalue weighted by molar-refractivity contribution is 0.510. The Morgan fingerprint density at radius 2 is 2.21 bits per heavy atom. The second kappa shape index (κ2) is 6.21. The summed E-state index contributed by atoms with van der Waals surface area (Å²) < 4.78 is 3.76. The Morgan fingerprint density at radius 1 is 1.42 bits per heavy atom. The Balaban J connectivity index is 2.41. The molecule has 2 rings (SSSR count). The van der Waals surface area contributed by atoms with Crippen LogP contribution in [0.15, 0.2) is 18.5 Å². The summed E-state index contributed by atoms with van der Waals surface area (Å²) in [5.41, 5.74) is 1.95. The van der Waals surface area contributed by atoms with Gasteiger partial charge < -0.3 is 5.32 Å². The molecule has 0 bridgehead atoms. The fourth-order valence-electron chi connectivity index (χ4n) is 2.18. The molecule has 0 fully saturated rings. The largest absolute Gasteiger partial charge is 0.304 e. The van der Waals surface area contributed by atoms with Gasteiger partial charge in [-0.1, -0.05) is 25.4 Å². The van der Waals surface area contributed by atoms with E-state index in [2.05, 4.69) is 29.4 Å². The predicted molar refractivity (Wildman–Crippen MR) is 76.3 cm³/mol. The smallest absolute Gasteiger partial charge is 0.0955 e. The molecule has 0 saturated heterocycles. The Morgan fingerprint density at radius 3 is 2.79 bits per heavy atom. The molecular weight excluding hydrogens is 262 g/mol. The highest BCUT2D eigenvalue weighted by molar-refractivity contribution is 6.31. The van der Waals surface area contributed by atoms with Gasteiger partial charge in [0.05, 0.1) is 28.6 Å². The molecule has 2 aromatic heterocycles. The highest BCUT2D eigenvalue weighted by Crippen LogP contribution is 2.27. The van der Waals surface area contributed by atoms with E-state index < -0.39 is 0 Å². The molecule has 6 heteroatoms. The SMILES string of the molecule is CCCn1ncc(Cl)c1C(NCC)c1ccn(C)n1. The van der Waals surface area contributed by atoms with Crippen LogP contribution in [0, 0.1) is 0 Å². The molecule has 1 N–H and O–H groups in total. The molecule has 1 atom stereocenters. The van der Waals surface area contributed by atoms with Crippen LogP contribution in [0.2, 0.25) is 5.02 Å². The number of hydrogen-bond acceptors (Lipinski definition) is 3. The van der Waals surface area contributed by atoms with Crippen molar-refractivity contribution in [1.82, 2.24) is 24.9 Å². The molecule has 19 heavy (non-hydrogen) atoms. The van der Waals surface area contributed by atoms with Crippen LogP contribution in [0.5, 0.6) is 0 Å². The summed E-state index contributed by atoms with van der Waals surface area (Å²) >= 11 is 6.31. The molecule has 0 aliphatic heterocycles. The summed E-state index contributed by atoms with van der Waals surface area (Å²) in [5, 5.41) is 13.0. The number of rotatable bonds is 6. The number of halogens is 1. The van der Waals surface area contributed by atoms with Crippen LogP contribution in [-0.2, 0) is 13.6 Å².